The summed E-state index contributed by atoms with van der Waals surface area (Å²) in [5.41, 5.74) is 1.20. The molecule has 1 aromatic heterocycles. The largest absolute Gasteiger partial charge is 0.305 e. The van der Waals surface area contributed by atoms with Crippen molar-refractivity contribution < 1.29 is 13.2 Å². The smallest absolute Gasteiger partial charge is 0.256 e. The number of aromatic nitrogens is 2. The number of benzene rings is 1. The number of amides is 1. The summed E-state index contributed by atoms with van der Waals surface area (Å²) in [6.45, 7) is 7.71. The third-order valence-corrected chi connectivity index (χ3v) is 5.23. The summed E-state index contributed by atoms with van der Waals surface area (Å²) >= 11 is 0. The maximum atomic E-state index is 12.2. The van der Waals surface area contributed by atoms with Gasteiger partial charge in [0.05, 0.1) is 10.6 Å². The molecule has 1 amide bonds. The van der Waals surface area contributed by atoms with Crippen LogP contribution in [0.25, 0.3) is 0 Å². The van der Waals surface area contributed by atoms with Gasteiger partial charge in [0.15, 0.2) is 15.7 Å². The minimum Gasteiger partial charge on any atom is -0.305 e. The summed E-state index contributed by atoms with van der Waals surface area (Å²) < 4.78 is 23.5. The van der Waals surface area contributed by atoms with Crippen LogP contribution in [0.3, 0.4) is 0 Å². The number of carbonyl (C=O) groups is 1. The van der Waals surface area contributed by atoms with Crippen LogP contribution in [-0.4, -0.2) is 30.3 Å². The summed E-state index contributed by atoms with van der Waals surface area (Å²) in [5, 5.41) is 9.65. The molecule has 23 heavy (non-hydrogen) atoms. The Labute approximate surface area is 136 Å². The first-order valence-corrected chi connectivity index (χ1v) is 8.99. The van der Waals surface area contributed by atoms with Gasteiger partial charge in [0.25, 0.3) is 5.91 Å². The monoisotopic (exact) mass is 335 g/mol. The molecule has 0 saturated carbocycles. The van der Waals surface area contributed by atoms with E-state index in [2.05, 4.69) is 15.5 Å². The van der Waals surface area contributed by atoms with E-state index in [1.54, 1.807) is 13.0 Å². The predicted octanol–water partition coefficient (Wildman–Crippen LogP) is 2.75. The Hall–Kier alpha value is -2.15. The topological polar surface area (TPSA) is 91.9 Å². The highest BCUT2D eigenvalue weighted by Crippen LogP contribution is 2.22. The zero-order valence-corrected chi connectivity index (χ0v) is 14.5. The first-order chi connectivity index (χ1) is 10.6. The van der Waals surface area contributed by atoms with Crippen LogP contribution in [0.1, 0.15) is 43.7 Å². The lowest BCUT2D eigenvalue weighted by atomic mass is 9.92. The van der Waals surface area contributed by atoms with Crippen molar-refractivity contribution >= 4 is 21.6 Å². The van der Waals surface area contributed by atoms with Crippen LogP contribution in [0, 0.1) is 0 Å². The Kier molecular flexibility index (Phi) is 4.61. The molecule has 0 aliphatic rings. The van der Waals surface area contributed by atoms with E-state index in [4.69, 9.17) is 0 Å². The molecule has 1 aromatic carbocycles. The lowest BCUT2D eigenvalue weighted by Crippen LogP contribution is -2.13. The van der Waals surface area contributed by atoms with Crippen LogP contribution >= 0.6 is 0 Å². The molecule has 2 aromatic rings. The van der Waals surface area contributed by atoms with E-state index in [0.717, 1.165) is 5.69 Å². The molecule has 0 fully saturated rings. The van der Waals surface area contributed by atoms with Gasteiger partial charge in [-0.1, -0.05) is 27.7 Å². The second-order valence-electron chi connectivity index (χ2n) is 6.30. The third-order valence-electron chi connectivity index (χ3n) is 3.48. The van der Waals surface area contributed by atoms with Gasteiger partial charge in [0.1, 0.15) is 0 Å². The highest BCUT2D eigenvalue weighted by Gasteiger charge is 2.18. The molecular formula is C16H21N3O3S. The fraction of sp³-hybridized carbons (Fsp3) is 0.375. The maximum absolute atomic E-state index is 12.2. The molecule has 2 N–H and O–H groups in total. The second-order valence-corrected chi connectivity index (χ2v) is 8.58. The molecule has 1 heterocycles. The van der Waals surface area contributed by atoms with Crippen LogP contribution in [0.5, 0.6) is 0 Å². The molecule has 0 aliphatic heterocycles. The quantitative estimate of drug-likeness (QED) is 0.898. The van der Waals surface area contributed by atoms with Crippen LogP contribution in [0.15, 0.2) is 35.2 Å². The van der Waals surface area contributed by atoms with Crippen LogP contribution in [0.4, 0.5) is 5.82 Å². The zero-order valence-electron chi connectivity index (χ0n) is 13.7. The van der Waals surface area contributed by atoms with Crippen LogP contribution in [-0.2, 0) is 15.3 Å². The van der Waals surface area contributed by atoms with Crippen molar-refractivity contribution in [2.24, 2.45) is 0 Å². The van der Waals surface area contributed by atoms with Crippen molar-refractivity contribution in [3.8, 4) is 0 Å². The van der Waals surface area contributed by atoms with Crippen molar-refractivity contribution in [2.45, 2.75) is 38.0 Å². The predicted molar refractivity (Wildman–Crippen MR) is 89.4 cm³/mol. The average molecular weight is 335 g/mol. The average Bonchev–Trinajstić information content (AvgIpc) is 2.96. The summed E-state index contributed by atoms with van der Waals surface area (Å²) in [5.74, 6) is 0.129. The molecule has 0 aliphatic carbocycles. The fourth-order valence-electron chi connectivity index (χ4n) is 1.94. The number of nitrogens with zero attached hydrogens (tertiary/aromatic N) is 1. The number of H-pyrrole nitrogens is 1. The highest BCUT2D eigenvalue weighted by molar-refractivity contribution is 7.91. The van der Waals surface area contributed by atoms with E-state index in [1.165, 1.54) is 24.3 Å². The van der Waals surface area contributed by atoms with Gasteiger partial charge in [-0.25, -0.2) is 8.42 Å². The molecule has 0 atom stereocenters. The van der Waals surface area contributed by atoms with E-state index in [-0.39, 0.29) is 22.0 Å². The number of carbonyl (C=O) groups excluding carboxylic acids is 1. The Morgan fingerprint density at radius 2 is 1.83 bits per heavy atom. The number of nitrogens with one attached hydrogen (secondary N) is 2. The molecule has 2 rings (SSSR count). The van der Waals surface area contributed by atoms with Crippen molar-refractivity contribution in [1.29, 1.82) is 0 Å². The normalized spacial score (nSPS) is 12.2. The molecule has 0 saturated heterocycles. The zero-order chi connectivity index (χ0) is 17.3. The number of anilines is 1. The number of aromatic amines is 1. The molecule has 124 valence electrons. The van der Waals surface area contributed by atoms with Gasteiger partial charge >= 0.3 is 0 Å². The van der Waals surface area contributed by atoms with E-state index in [9.17, 15) is 13.2 Å². The first kappa shape index (κ1) is 17.2. The lowest BCUT2D eigenvalue weighted by molar-refractivity contribution is 0.102. The molecule has 0 bridgehead atoms. The third kappa shape index (κ3) is 3.98. The Morgan fingerprint density at radius 3 is 2.30 bits per heavy atom. The highest BCUT2D eigenvalue weighted by atomic mass is 32.2. The maximum Gasteiger partial charge on any atom is 0.256 e. The molecule has 0 spiro atoms. The van der Waals surface area contributed by atoms with Gasteiger partial charge in [0, 0.05) is 22.7 Å². The summed E-state index contributed by atoms with van der Waals surface area (Å²) in [7, 11) is -3.26. The molecule has 6 nitrogen and oxygen atoms in total. The Bertz CT molecular complexity index is 800. The summed E-state index contributed by atoms with van der Waals surface area (Å²) in [6.07, 6.45) is 0. The van der Waals surface area contributed by atoms with Gasteiger partial charge in [-0.15, -0.1) is 0 Å². The number of hydrogen-bond acceptors (Lipinski definition) is 4. The van der Waals surface area contributed by atoms with Gasteiger partial charge < -0.3 is 5.32 Å². The number of rotatable bonds is 4. The van der Waals surface area contributed by atoms with Crippen molar-refractivity contribution in [3.05, 3.63) is 41.6 Å². The Balaban J connectivity index is 2.14. The Morgan fingerprint density at radius 1 is 1.22 bits per heavy atom. The van der Waals surface area contributed by atoms with Crippen molar-refractivity contribution in [1.82, 2.24) is 10.2 Å². The second kappa shape index (κ2) is 6.16. The fourth-order valence-corrected chi connectivity index (χ4v) is 2.82. The molecular weight excluding hydrogens is 314 g/mol. The molecule has 7 heteroatoms. The van der Waals surface area contributed by atoms with Crippen molar-refractivity contribution in [3.63, 3.8) is 0 Å². The van der Waals surface area contributed by atoms with E-state index >= 15 is 0 Å². The van der Waals surface area contributed by atoms with Crippen molar-refractivity contribution in [2.75, 3.05) is 11.1 Å². The first-order valence-electron chi connectivity index (χ1n) is 7.33. The standard InChI is InChI=1S/C16H21N3O3S/c1-5-23(21,22)12-8-6-11(7-9-12)15(20)17-14-10-13(18-19-14)16(2,3)4/h6-10H,5H2,1-4H3,(H2,17,18,19,20). The summed E-state index contributed by atoms with van der Waals surface area (Å²) in [4.78, 5) is 12.4. The summed E-state index contributed by atoms with van der Waals surface area (Å²) in [6, 6.07) is 7.66. The van der Waals surface area contributed by atoms with E-state index in [0.29, 0.717) is 11.4 Å². The van der Waals surface area contributed by atoms with Gasteiger partial charge in [-0.05, 0) is 24.3 Å². The molecule has 0 radical (unpaired) electrons. The van der Waals surface area contributed by atoms with E-state index < -0.39 is 9.84 Å². The minimum atomic E-state index is -3.26. The van der Waals surface area contributed by atoms with Gasteiger partial charge in [0.2, 0.25) is 0 Å². The van der Waals surface area contributed by atoms with Gasteiger partial charge in [-0.3, -0.25) is 9.89 Å². The lowest BCUT2D eigenvalue weighted by Gasteiger charge is -2.14. The molecule has 0 unspecified atom stereocenters. The number of hydrogen-bond donors (Lipinski definition) is 2. The minimum absolute atomic E-state index is 0.0292. The number of sulfone groups is 1. The van der Waals surface area contributed by atoms with Crippen LogP contribution in [0.2, 0.25) is 0 Å². The van der Waals surface area contributed by atoms with Crippen LogP contribution < -0.4 is 5.32 Å². The SMILES string of the molecule is CCS(=O)(=O)c1ccc(C(=O)Nc2cc(C(C)(C)C)[nH]n2)cc1. The van der Waals surface area contributed by atoms with E-state index in [1.807, 2.05) is 20.8 Å². The van der Waals surface area contributed by atoms with Gasteiger partial charge in [-0.2, -0.15) is 5.10 Å².